The third kappa shape index (κ3) is 3.80. The lowest BCUT2D eigenvalue weighted by molar-refractivity contribution is -0.124. The standard InChI is InChI=1S/C20H18Cl2FN3O/c1-11(20(27)24-14-6-7-14)26-18-10-16(22)15(21)9-17(18)25-19(26)8-12-2-4-13(23)5-3-12/h2-5,9-11,14H,6-8H2,1H3,(H,24,27)/t11-/m0/s1. The molecule has 0 unspecified atom stereocenters. The number of fused-ring (bicyclic) bond motifs is 1. The Morgan fingerprint density at radius 2 is 1.93 bits per heavy atom. The summed E-state index contributed by atoms with van der Waals surface area (Å²) in [6, 6.07) is 9.52. The van der Waals surface area contributed by atoms with Gasteiger partial charge in [-0.15, -0.1) is 0 Å². The molecule has 7 heteroatoms. The molecule has 1 N–H and O–H groups in total. The van der Waals surface area contributed by atoms with E-state index < -0.39 is 6.04 Å². The van der Waals surface area contributed by atoms with Crippen molar-refractivity contribution in [2.75, 3.05) is 0 Å². The summed E-state index contributed by atoms with van der Waals surface area (Å²) in [6.07, 6.45) is 2.51. The first-order chi connectivity index (χ1) is 12.9. The van der Waals surface area contributed by atoms with Gasteiger partial charge in [0.2, 0.25) is 5.91 Å². The van der Waals surface area contributed by atoms with E-state index in [4.69, 9.17) is 23.2 Å². The fraction of sp³-hybridized carbons (Fsp3) is 0.300. The summed E-state index contributed by atoms with van der Waals surface area (Å²) < 4.78 is 15.1. The molecule has 0 saturated heterocycles. The van der Waals surface area contributed by atoms with E-state index in [1.807, 2.05) is 11.5 Å². The minimum atomic E-state index is -0.455. The number of nitrogens with zero attached hydrogens (tertiary/aromatic N) is 2. The Hall–Kier alpha value is -2.11. The van der Waals surface area contributed by atoms with Crippen LogP contribution in [0.3, 0.4) is 0 Å². The second kappa shape index (κ2) is 7.13. The van der Waals surface area contributed by atoms with Crippen LogP contribution in [0.15, 0.2) is 36.4 Å². The highest BCUT2D eigenvalue weighted by atomic mass is 35.5. The molecule has 0 radical (unpaired) electrons. The Morgan fingerprint density at radius 1 is 1.26 bits per heavy atom. The average molecular weight is 406 g/mol. The first-order valence-electron chi connectivity index (χ1n) is 8.83. The van der Waals surface area contributed by atoms with Gasteiger partial charge < -0.3 is 9.88 Å². The van der Waals surface area contributed by atoms with Crippen molar-refractivity contribution in [2.45, 2.75) is 38.3 Å². The van der Waals surface area contributed by atoms with E-state index in [-0.39, 0.29) is 17.8 Å². The van der Waals surface area contributed by atoms with Crippen molar-refractivity contribution in [1.82, 2.24) is 14.9 Å². The minimum absolute atomic E-state index is 0.0526. The van der Waals surface area contributed by atoms with Crippen LogP contribution in [0, 0.1) is 5.82 Å². The quantitative estimate of drug-likeness (QED) is 0.655. The van der Waals surface area contributed by atoms with Gasteiger partial charge in [0.1, 0.15) is 17.7 Å². The van der Waals surface area contributed by atoms with Crippen molar-refractivity contribution in [3.8, 4) is 0 Å². The average Bonchev–Trinajstić information content (AvgIpc) is 3.38. The molecule has 2 aromatic carbocycles. The number of benzene rings is 2. The topological polar surface area (TPSA) is 46.9 Å². The van der Waals surface area contributed by atoms with Crippen LogP contribution in [-0.2, 0) is 11.2 Å². The Morgan fingerprint density at radius 3 is 2.59 bits per heavy atom. The molecular weight excluding hydrogens is 388 g/mol. The molecule has 0 aliphatic heterocycles. The molecular formula is C20H18Cl2FN3O. The van der Waals surface area contributed by atoms with Crippen LogP contribution in [-0.4, -0.2) is 21.5 Å². The maximum atomic E-state index is 13.2. The van der Waals surface area contributed by atoms with Crippen LogP contribution < -0.4 is 5.32 Å². The molecule has 1 aliphatic carbocycles. The lowest BCUT2D eigenvalue weighted by Crippen LogP contribution is -2.33. The molecule has 4 nitrogen and oxygen atoms in total. The van der Waals surface area contributed by atoms with Gasteiger partial charge in [-0.1, -0.05) is 35.3 Å². The second-order valence-electron chi connectivity index (χ2n) is 6.92. The van der Waals surface area contributed by atoms with E-state index >= 15 is 0 Å². The number of carbonyl (C=O) groups excluding carboxylic acids is 1. The summed E-state index contributed by atoms with van der Waals surface area (Å²) in [7, 11) is 0. The van der Waals surface area contributed by atoms with Crippen LogP contribution in [0.25, 0.3) is 11.0 Å². The van der Waals surface area contributed by atoms with E-state index in [0.29, 0.717) is 27.8 Å². The van der Waals surface area contributed by atoms with Gasteiger partial charge in [-0.05, 0) is 49.6 Å². The fourth-order valence-corrected chi connectivity index (χ4v) is 3.46. The molecule has 1 aromatic heterocycles. The number of amides is 1. The summed E-state index contributed by atoms with van der Waals surface area (Å²) >= 11 is 12.4. The zero-order chi connectivity index (χ0) is 19.1. The molecule has 1 aliphatic rings. The van der Waals surface area contributed by atoms with Crippen molar-refractivity contribution < 1.29 is 9.18 Å². The number of carbonyl (C=O) groups is 1. The van der Waals surface area contributed by atoms with Crippen LogP contribution in [0.4, 0.5) is 4.39 Å². The van der Waals surface area contributed by atoms with E-state index in [9.17, 15) is 9.18 Å². The van der Waals surface area contributed by atoms with Crippen molar-refractivity contribution in [1.29, 1.82) is 0 Å². The lowest BCUT2D eigenvalue weighted by Gasteiger charge is -2.18. The fourth-order valence-electron chi connectivity index (χ4n) is 3.15. The summed E-state index contributed by atoms with van der Waals surface area (Å²) in [5.41, 5.74) is 2.33. The predicted molar refractivity (Wildman–Crippen MR) is 105 cm³/mol. The van der Waals surface area contributed by atoms with Crippen LogP contribution in [0.1, 0.15) is 37.2 Å². The van der Waals surface area contributed by atoms with Gasteiger partial charge in [-0.25, -0.2) is 9.37 Å². The highest BCUT2D eigenvalue weighted by Gasteiger charge is 2.28. The minimum Gasteiger partial charge on any atom is -0.352 e. The van der Waals surface area contributed by atoms with E-state index in [1.165, 1.54) is 12.1 Å². The number of hydrogen-bond acceptors (Lipinski definition) is 2. The molecule has 1 fully saturated rings. The number of aromatic nitrogens is 2. The maximum Gasteiger partial charge on any atom is 0.243 e. The predicted octanol–water partition coefficient (Wildman–Crippen LogP) is 4.91. The lowest BCUT2D eigenvalue weighted by atomic mass is 10.1. The highest BCUT2D eigenvalue weighted by Crippen LogP contribution is 2.31. The van der Waals surface area contributed by atoms with E-state index in [2.05, 4.69) is 10.3 Å². The highest BCUT2D eigenvalue weighted by molar-refractivity contribution is 6.42. The summed E-state index contributed by atoms with van der Waals surface area (Å²) in [4.78, 5) is 17.3. The molecule has 0 spiro atoms. The van der Waals surface area contributed by atoms with Gasteiger partial charge in [-0.3, -0.25) is 4.79 Å². The first-order valence-corrected chi connectivity index (χ1v) is 9.58. The third-order valence-corrected chi connectivity index (χ3v) is 5.49. The molecule has 1 saturated carbocycles. The Bertz CT molecular complexity index is 1010. The van der Waals surface area contributed by atoms with Gasteiger partial charge in [-0.2, -0.15) is 0 Å². The van der Waals surface area contributed by atoms with Gasteiger partial charge in [0.25, 0.3) is 0 Å². The van der Waals surface area contributed by atoms with Gasteiger partial charge in [0, 0.05) is 12.5 Å². The van der Waals surface area contributed by atoms with Crippen LogP contribution >= 0.6 is 23.2 Å². The molecule has 27 heavy (non-hydrogen) atoms. The zero-order valence-corrected chi connectivity index (χ0v) is 16.2. The number of imidazole rings is 1. The molecule has 0 bridgehead atoms. The first kappa shape index (κ1) is 18.3. The normalized spacial score (nSPS) is 15.1. The smallest absolute Gasteiger partial charge is 0.243 e. The molecule has 1 heterocycles. The number of rotatable bonds is 5. The zero-order valence-electron chi connectivity index (χ0n) is 14.7. The third-order valence-electron chi connectivity index (χ3n) is 4.77. The SMILES string of the molecule is C[C@@H](C(=O)NC1CC1)n1c(Cc2ccc(F)cc2)nc2cc(Cl)c(Cl)cc21. The molecule has 3 aromatic rings. The van der Waals surface area contributed by atoms with Crippen molar-refractivity contribution in [2.24, 2.45) is 0 Å². The Kier molecular flexibility index (Phi) is 4.82. The second-order valence-corrected chi connectivity index (χ2v) is 7.73. The van der Waals surface area contributed by atoms with E-state index in [0.717, 1.165) is 23.9 Å². The van der Waals surface area contributed by atoms with Crippen molar-refractivity contribution in [3.05, 3.63) is 63.6 Å². The number of hydrogen-bond donors (Lipinski definition) is 1. The molecule has 1 amide bonds. The largest absolute Gasteiger partial charge is 0.352 e. The van der Waals surface area contributed by atoms with Crippen molar-refractivity contribution >= 4 is 40.1 Å². The summed E-state index contributed by atoms with van der Waals surface area (Å²) in [5.74, 6) is 0.361. The Balaban J connectivity index is 1.78. The Labute approximate surface area is 166 Å². The van der Waals surface area contributed by atoms with Gasteiger partial charge >= 0.3 is 0 Å². The molecule has 1 atom stereocenters. The summed E-state index contributed by atoms with van der Waals surface area (Å²) in [6.45, 7) is 1.84. The van der Waals surface area contributed by atoms with Crippen LogP contribution in [0.2, 0.25) is 10.0 Å². The van der Waals surface area contributed by atoms with Crippen molar-refractivity contribution in [3.63, 3.8) is 0 Å². The maximum absolute atomic E-state index is 13.2. The van der Waals surface area contributed by atoms with Crippen LogP contribution in [0.5, 0.6) is 0 Å². The monoisotopic (exact) mass is 405 g/mol. The number of halogens is 3. The summed E-state index contributed by atoms with van der Waals surface area (Å²) in [5, 5.41) is 3.86. The van der Waals surface area contributed by atoms with Gasteiger partial charge in [0.15, 0.2) is 0 Å². The molecule has 140 valence electrons. The number of nitrogens with one attached hydrogen (secondary N) is 1. The van der Waals surface area contributed by atoms with Gasteiger partial charge in [0.05, 0.1) is 21.1 Å². The molecule has 4 rings (SSSR count). The van der Waals surface area contributed by atoms with E-state index in [1.54, 1.807) is 24.3 Å².